The predicted molar refractivity (Wildman–Crippen MR) is 122 cm³/mol. The summed E-state index contributed by atoms with van der Waals surface area (Å²) in [5.41, 5.74) is 0.624. The van der Waals surface area contributed by atoms with Crippen molar-refractivity contribution in [2.24, 2.45) is 0 Å². The summed E-state index contributed by atoms with van der Waals surface area (Å²) >= 11 is 0. The molecule has 0 amide bonds. The second-order valence-corrected chi connectivity index (χ2v) is 9.99. The number of piperazine rings is 1. The molecular formula is C23H30F3N7O2. The molecule has 0 bridgehead atoms. The summed E-state index contributed by atoms with van der Waals surface area (Å²) in [5.74, 6) is -1.79. The monoisotopic (exact) mass is 493 g/mol. The van der Waals surface area contributed by atoms with Gasteiger partial charge in [0, 0.05) is 69.2 Å². The van der Waals surface area contributed by atoms with Crippen molar-refractivity contribution in [2.75, 3.05) is 62.8 Å². The Morgan fingerprint density at radius 3 is 2.57 bits per heavy atom. The van der Waals surface area contributed by atoms with Gasteiger partial charge < -0.3 is 19.7 Å². The van der Waals surface area contributed by atoms with E-state index >= 15 is 4.39 Å². The predicted octanol–water partition coefficient (Wildman–Crippen LogP) is 3.01. The molecule has 0 radical (unpaired) electrons. The average Bonchev–Trinajstić information content (AvgIpc) is 3.59. The van der Waals surface area contributed by atoms with Gasteiger partial charge in [-0.1, -0.05) is 0 Å². The van der Waals surface area contributed by atoms with Crippen molar-refractivity contribution in [3.63, 3.8) is 0 Å². The number of aromatic nitrogens is 4. The zero-order valence-corrected chi connectivity index (χ0v) is 19.5. The number of aromatic amines is 1. The number of rotatable bonds is 7. The minimum atomic E-state index is -2.61. The van der Waals surface area contributed by atoms with E-state index in [9.17, 15) is 8.78 Å². The van der Waals surface area contributed by atoms with Gasteiger partial charge in [-0.15, -0.1) is 0 Å². The number of ether oxygens (including phenoxy) is 2. The fraction of sp³-hybridized carbons (Fsp3) is 0.696. The number of alkyl halides is 2. The standard InChI is InChI=1S/C23H30F3N7O2/c24-19-21(27-18-9-17(30-31-18)15-10-23(25,26)11-15)28-20(14-1-2-14)29-22(19)33-5-3-32(4-6-33)12-16-13-34-7-8-35-16/h9,14-16H,1-8,10-13H2,(H2,27,28,29,30,31). The quantitative estimate of drug-likeness (QED) is 0.609. The maximum Gasteiger partial charge on any atom is 0.249 e. The molecule has 35 heavy (non-hydrogen) atoms. The summed E-state index contributed by atoms with van der Waals surface area (Å²) in [6.45, 7) is 5.53. The lowest BCUT2D eigenvalue weighted by Gasteiger charge is -2.37. The van der Waals surface area contributed by atoms with Crippen LogP contribution in [-0.2, 0) is 9.47 Å². The largest absolute Gasteiger partial charge is 0.376 e. The lowest BCUT2D eigenvalue weighted by atomic mass is 9.79. The highest BCUT2D eigenvalue weighted by atomic mass is 19.3. The van der Waals surface area contributed by atoms with Crippen molar-refractivity contribution < 1.29 is 22.6 Å². The Morgan fingerprint density at radius 1 is 1.09 bits per heavy atom. The van der Waals surface area contributed by atoms with E-state index in [2.05, 4.69) is 30.4 Å². The van der Waals surface area contributed by atoms with Crippen LogP contribution in [0.3, 0.4) is 0 Å². The molecule has 4 heterocycles. The SMILES string of the molecule is Fc1c(Nc2cc(C3CC(F)(F)C3)[nH]n2)nc(C2CC2)nc1N1CCN(CC2COCCO2)CC1. The molecule has 0 spiro atoms. The number of anilines is 3. The van der Waals surface area contributed by atoms with Crippen molar-refractivity contribution in [2.45, 2.75) is 49.5 Å². The van der Waals surface area contributed by atoms with E-state index < -0.39 is 11.7 Å². The van der Waals surface area contributed by atoms with Gasteiger partial charge in [0.25, 0.3) is 0 Å². The van der Waals surface area contributed by atoms with Crippen LogP contribution in [-0.4, -0.2) is 89.6 Å². The maximum absolute atomic E-state index is 15.6. The van der Waals surface area contributed by atoms with Crippen LogP contribution >= 0.6 is 0 Å². The molecule has 2 aliphatic heterocycles. The van der Waals surface area contributed by atoms with Crippen LogP contribution in [0, 0.1) is 5.82 Å². The van der Waals surface area contributed by atoms with Gasteiger partial charge in [0.15, 0.2) is 17.5 Å². The second-order valence-electron chi connectivity index (χ2n) is 9.99. The summed E-state index contributed by atoms with van der Waals surface area (Å²) in [7, 11) is 0. The van der Waals surface area contributed by atoms with E-state index in [1.54, 1.807) is 6.07 Å². The molecule has 1 unspecified atom stereocenters. The Kier molecular flexibility index (Phi) is 6.05. The first-order chi connectivity index (χ1) is 16.9. The van der Waals surface area contributed by atoms with Crippen LogP contribution in [0.15, 0.2) is 6.07 Å². The molecule has 190 valence electrons. The van der Waals surface area contributed by atoms with Crippen LogP contribution in [0.4, 0.5) is 30.6 Å². The van der Waals surface area contributed by atoms with Gasteiger partial charge in [0.05, 0.1) is 25.9 Å². The minimum absolute atomic E-state index is 0.0732. The molecule has 2 aromatic rings. The molecule has 2 N–H and O–H groups in total. The Morgan fingerprint density at radius 2 is 1.89 bits per heavy atom. The van der Waals surface area contributed by atoms with Crippen LogP contribution < -0.4 is 10.2 Å². The number of H-pyrrole nitrogens is 1. The van der Waals surface area contributed by atoms with Gasteiger partial charge in [-0.05, 0) is 12.8 Å². The fourth-order valence-corrected chi connectivity index (χ4v) is 4.95. The zero-order chi connectivity index (χ0) is 24.0. The molecule has 2 aromatic heterocycles. The van der Waals surface area contributed by atoms with Gasteiger partial charge in [0.2, 0.25) is 11.7 Å². The third-order valence-corrected chi connectivity index (χ3v) is 7.19. The Balaban J connectivity index is 1.15. The summed E-state index contributed by atoms with van der Waals surface area (Å²) in [5, 5.41) is 9.91. The summed E-state index contributed by atoms with van der Waals surface area (Å²) in [6, 6.07) is 1.66. The molecule has 4 aliphatic rings. The topological polar surface area (TPSA) is 91.4 Å². The summed E-state index contributed by atoms with van der Waals surface area (Å²) < 4.78 is 53.3. The van der Waals surface area contributed by atoms with E-state index in [1.165, 1.54) is 0 Å². The lowest BCUT2D eigenvalue weighted by Crippen LogP contribution is -2.50. The van der Waals surface area contributed by atoms with Gasteiger partial charge in [-0.2, -0.15) is 9.49 Å². The van der Waals surface area contributed by atoms with E-state index in [1.807, 2.05) is 4.90 Å². The normalized spacial score (nSPS) is 25.5. The molecule has 12 heteroatoms. The van der Waals surface area contributed by atoms with Crippen LogP contribution in [0.2, 0.25) is 0 Å². The number of hydrogen-bond acceptors (Lipinski definition) is 8. The summed E-state index contributed by atoms with van der Waals surface area (Å²) in [6.07, 6.45) is 1.67. The number of nitrogens with one attached hydrogen (secondary N) is 2. The van der Waals surface area contributed by atoms with Crippen molar-refractivity contribution in [3.8, 4) is 0 Å². The van der Waals surface area contributed by atoms with E-state index in [0.717, 1.165) is 32.5 Å². The smallest absolute Gasteiger partial charge is 0.249 e. The maximum atomic E-state index is 15.6. The van der Waals surface area contributed by atoms with Crippen molar-refractivity contribution >= 4 is 17.5 Å². The fourth-order valence-electron chi connectivity index (χ4n) is 4.95. The molecule has 9 nitrogen and oxygen atoms in total. The molecule has 4 fully saturated rings. The van der Waals surface area contributed by atoms with E-state index in [4.69, 9.17) is 9.47 Å². The number of hydrogen-bond donors (Lipinski definition) is 2. The first kappa shape index (κ1) is 23.0. The Labute approximate surface area is 201 Å². The minimum Gasteiger partial charge on any atom is -0.376 e. The molecule has 2 aliphatic carbocycles. The van der Waals surface area contributed by atoms with Gasteiger partial charge >= 0.3 is 0 Å². The third-order valence-electron chi connectivity index (χ3n) is 7.19. The van der Waals surface area contributed by atoms with Gasteiger partial charge in [0.1, 0.15) is 5.82 Å². The Hall–Kier alpha value is -2.44. The summed E-state index contributed by atoms with van der Waals surface area (Å²) in [4.78, 5) is 13.3. The molecule has 6 rings (SSSR count). The van der Waals surface area contributed by atoms with Crippen LogP contribution in [0.5, 0.6) is 0 Å². The second kappa shape index (κ2) is 9.21. The first-order valence-corrected chi connectivity index (χ1v) is 12.4. The molecular weight excluding hydrogens is 463 g/mol. The van der Waals surface area contributed by atoms with Crippen molar-refractivity contribution in [1.29, 1.82) is 0 Å². The highest BCUT2D eigenvalue weighted by Gasteiger charge is 2.46. The van der Waals surface area contributed by atoms with Gasteiger partial charge in [-0.25, -0.2) is 18.7 Å². The Bertz CT molecular complexity index is 1040. The number of halogens is 3. The molecule has 0 aromatic carbocycles. The van der Waals surface area contributed by atoms with Crippen molar-refractivity contribution in [1.82, 2.24) is 25.1 Å². The molecule has 2 saturated carbocycles. The zero-order valence-electron chi connectivity index (χ0n) is 19.5. The highest BCUT2D eigenvalue weighted by Crippen LogP contribution is 2.48. The van der Waals surface area contributed by atoms with Gasteiger partial charge in [-0.3, -0.25) is 10.00 Å². The van der Waals surface area contributed by atoms with Crippen molar-refractivity contribution in [3.05, 3.63) is 23.4 Å². The third kappa shape index (κ3) is 5.10. The average molecular weight is 494 g/mol. The molecule has 2 saturated heterocycles. The van der Waals surface area contributed by atoms with E-state index in [-0.39, 0.29) is 36.6 Å². The van der Waals surface area contributed by atoms with Crippen LogP contribution in [0.25, 0.3) is 0 Å². The van der Waals surface area contributed by atoms with Crippen LogP contribution in [0.1, 0.15) is 49.0 Å². The highest BCUT2D eigenvalue weighted by molar-refractivity contribution is 5.59. The first-order valence-electron chi connectivity index (χ1n) is 12.4. The lowest BCUT2D eigenvalue weighted by molar-refractivity contribution is -0.0977. The molecule has 1 atom stereocenters. The van der Waals surface area contributed by atoms with E-state index in [0.29, 0.717) is 56.1 Å². The number of nitrogens with zero attached hydrogens (tertiary/aromatic N) is 5.